The molecule has 6 heteroatoms. The van der Waals surface area contributed by atoms with Gasteiger partial charge in [-0.1, -0.05) is 19.8 Å². The Morgan fingerprint density at radius 1 is 1.20 bits per heavy atom. The number of carbonyl (C=O) groups excluding carboxylic acids is 1. The fraction of sp³-hybridized carbons (Fsp3) is 0.579. The molecule has 2 N–H and O–H groups in total. The van der Waals surface area contributed by atoms with E-state index in [1.54, 1.807) is 18.2 Å². The molecular weight excluding hydrogens is 322 g/mol. The van der Waals surface area contributed by atoms with Crippen molar-refractivity contribution in [3.05, 3.63) is 23.8 Å². The summed E-state index contributed by atoms with van der Waals surface area (Å²) in [4.78, 5) is 23.7. The zero-order valence-electron chi connectivity index (χ0n) is 14.9. The number of carboxylic acid groups (broad SMARTS) is 1. The van der Waals surface area contributed by atoms with Gasteiger partial charge >= 0.3 is 5.97 Å². The van der Waals surface area contributed by atoms with E-state index in [4.69, 9.17) is 9.47 Å². The number of nitrogens with one attached hydrogen (secondary N) is 1. The number of carbonyl (C=O) groups is 2. The molecule has 0 bridgehead atoms. The molecule has 1 aromatic rings. The van der Waals surface area contributed by atoms with Crippen LogP contribution in [0.4, 0.5) is 0 Å². The minimum absolute atomic E-state index is 0.279. The number of unbranched alkanes of at least 4 members (excludes halogenated alkanes) is 1. The first-order valence-corrected chi connectivity index (χ1v) is 9.00. The minimum atomic E-state index is -0.850. The molecule has 0 heterocycles. The van der Waals surface area contributed by atoms with Crippen LogP contribution in [0.3, 0.4) is 0 Å². The van der Waals surface area contributed by atoms with Gasteiger partial charge in [-0.3, -0.25) is 9.59 Å². The van der Waals surface area contributed by atoms with Crippen molar-refractivity contribution in [3.8, 4) is 11.5 Å². The lowest BCUT2D eigenvalue weighted by molar-refractivity contribution is -0.142. The highest BCUT2D eigenvalue weighted by Crippen LogP contribution is 2.30. The van der Waals surface area contributed by atoms with Gasteiger partial charge in [0.25, 0.3) is 5.91 Å². The zero-order valence-corrected chi connectivity index (χ0v) is 14.9. The summed E-state index contributed by atoms with van der Waals surface area (Å²) < 4.78 is 11.3. The molecule has 138 valence electrons. The number of aliphatic carboxylic acids is 1. The van der Waals surface area contributed by atoms with Gasteiger partial charge in [-0.25, -0.2) is 0 Å². The number of ether oxygens (including phenoxy) is 2. The third-order valence-electron chi connectivity index (χ3n) is 4.41. The number of carboxylic acids is 1. The second-order valence-corrected chi connectivity index (χ2v) is 6.25. The van der Waals surface area contributed by atoms with Crippen LogP contribution < -0.4 is 14.8 Å². The normalized spacial score (nSPS) is 19.4. The van der Waals surface area contributed by atoms with Crippen LogP contribution in [-0.2, 0) is 4.79 Å². The fourth-order valence-corrected chi connectivity index (χ4v) is 3.04. The van der Waals surface area contributed by atoms with E-state index in [2.05, 4.69) is 12.2 Å². The lowest BCUT2D eigenvalue weighted by Gasteiger charge is -2.18. The van der Waals surface area contributed by atoms with E-state index < -0.39 is 11.9 Å². The first-order valence-electron chi connectivity index (χ1n) is 9.00. The van der Waals surface area contributed by atoms with E-state index in [0.29, 0.717) is 43.1 Å². The number of amides is 1. The molecule has 1 aromatic carbocycles. The highest BCUT2D eigenvalue weighted by Gasteiger charge is 2.34. The molecular formula is C19H27NO5. The molecule has 0 radical (unpaired) electrons. The largest absolute Gasteiger partial charge is 0.490 e. The monoisotopic (exact) mass is 349 g/mol. The van der Waals surface area contributed by atoms with Gasteiger partial charge in [0.05, 0.1) is 19.1 Å². The van der Waals surface area contributed by atoms with Crippen molar-refractivity contribution in [3.63, 3.8) is 0 Å². The first kappa shape index (κ1) is 19.1. The lowest BCUT2D eigenvalue weighted by Crippen LogP contribution is -2.40. The van der Waals surface area contributed by atoms with Crippen LogP contribution in [0, 0.1) is 5.92 Å². The van der Waals surface area contributed by atoms with Crippen LogP contribution in [-0.4, -0.2) is 36.2 Å². The van der Waals surface area contributed by atoms with E-state index in [1.165, 1.54) is 0 Å². The van der Waals surface area contributed by atoms with Gasteiger partial charge < -0.3 is 19.9 Å². The van der Waals surface area contributed by atoms with E-state index >= 15 is 0 Å². The Labute approximate surface area is 148 Å². The van der Waals surface area contributed by atoms with E-state index in [1.807, 2.05) is 6.92 Å². The summed E-state index contributed by atoms with van der Waals surface area (Å²) in [6, 6.07) is 4.76. The summed E-state index contributed by atoms with van der Waals surface area (Å²) >= 11 is 0. The molecule has 6 nitrogen and oxygen atoms in total. The molecule has 25 heavy (non-hydrogen) atoms. The van der Waals surface area contributed by atoms with Crippen molar-refractivity contribution < 1.29 is 24.2 Å². The Kier molecular flexibility index (Phi) is 7.10. The summed E-state index contributed by atoms with van der Waals surface area (Å²) in [6.07, 6.45) is 4.10. The molecule has 0 aromatic heterocycles. The Morgan fingerprint density at radius 3 is 2.68 bits per heavy atom. The third-order valence-corrected chi connectivity index (χ3v) is 4.41. The van der Waals surface area contributed by atoms with Crippen molar-refractivity contribution in [1.29, 1.82) is 0 Å². The second kappa shape index (κ2) is 9.30. The maximum absolute atomic E-state index is 12.5. The van der Waals surface area contributed by atoms with E-state index in [0.717, 1.165) is 19.3 Å². The average molecular weight is 349 g/mol. The topological polar surface area (TPSA) is 84.9 Å². The van der Waals surface area contributed by atoms with Gasteiger partial charge in [0.2, 0.25) is 0 Å². The second-order valence-electron chi connectivity index (χ2n) is 6.25. The first-order chi connectivity index (χ1) is 12.1. The number of hydrogen-bond acceptors (Lipinski definition) is 4. The third kappa shape index (κ3) is 5.11. The smallest absolute Gasteiger partial charge is 0.308 e. The fourth-order valence-electron chi connectivity index (χ4n) is 3.04. The van der Waals surface area contributed by atoms with Gasteiger partial charge in [0.1, 0.15) is 0 Å². The van der Waals surface area contributed by atoms with Crippen LogP contribution >= 0.6 is 0 Å². The number of benzene rings is 1. The zero-order chi connectivity index (χ0) is 18.2. The predicted molar refractivity (Wildman–Crippen MR) is 94.2 cm³/mol. The standard InChI is InChI=1S/C19H27NO5/c1-3-5-11-25-16-10-9-13(12-17(16)24-4-2)18(21)20-15-8-6-7-14(15)19(22)23/h9-10,12,14-15H,3-8,11H2,1-2H3,(H,20,21)(H,22,23)/t14-,15+/m0/s1. The van der Waals surface area contributed by atoms with Gasteiger partial charge in [0, 0.05) is 11.6 Å². The maximum Gasteiger partial charge on any atom is 0.308 e. The SMILES string of the molecule is CCCCOc1ccc(C(=O)N[C@@H]2CCC[C@@H]2C(=O)O)cc1OCC. The highest BCUT2D eigenvalue weighted by atomic mass is 16.5. The summed E-state index contributed by atoms with van der Waals surface area (Å²) in [5.74, 6) is -0.479. The molecule has 0 spiro atoms. The molecule has 0 aliphatic heterocycles. The molecule has 1 saturated carbocycles. The molecule has 0 saturated heterocycles. The van der Waals surface area contributed by atoms with Crippen LogP contribution in [0.15, 0.2) is 18.2 Å². The summed E-state index contributed by atoms with van der Waals surface area (Å²) in [5.41, 5.74) is 0.447. The van der Waals surface area contributed by atoms with Gasteiger partial charge in [0.15, 0.2) is 11.5 Å². The van der Waals surface area contributed by atoms with Crippen LogP contribution in [0.25, 0.3) is 0 Å². The Morgan fingerprint density at radius 2 is 2.00 bits per heavy atom. The Bertz CT molecular complexity index is 601. The van der Waals surface area contributed by atoms with Gasteiger partial charge in [-0.15, -0.1) is 0 Å². The minimum Gasteiger partial charge on any atom is -0.490 e. The predicted octanol–water partition coefficient (Wildman–Crippen LogP) is 3.25. The highest BCUT2D eigenvalue weighted by molar-refractivity contribution is 5.95. The maximum atomic E-state index is 12.5. The van der Waals surface area contributed by atoms with Crippen LogP contribution in [0.1, 0.15) is 56.3 Å². The van der Waals surface area contributed by atoms with Gasteiger partial charge in [-0.2, -0.15) is 0 Å². The molecule has 1 aliphatic carbocycles. The van der Waals surface area contributed by atoms with Crippen LogP contribution in [0.2, 0.25) is 0 Å². The van der Waals surface area contributed by atoms with Crippen molar-refractivity contribution >= 4 is 11.9 Å². The quantitative estimate of drug-likeness (QED) is 0.669. The summed E-state index contributed by atoms with van der Waals surface area (Å²) in [5, 5.41) is 12.1. The van der Waals surface area contributed by atoms with Gasteiger partial charge in [-0.05, 0) is 44.4 Å². The van der Waals surface area contributed by atoms with E-state index in [-0.39, 0.29) is 11.9 Å². The van der Waals surface area contributed by atoms with Crippen molar-refractivity contribution in [1.82, 2.24) is 5.32 Å². The van der Waals surface area contributed by atoms with Crippen molar-refractivity contribution in [2.75, 3.05) is 13.2 Å². The van der Waals surface area contributed by atoms with E-state index in [9.17, 15) is 14.7 Å². The molecule has 2 atom stereocenters. The van der Waals surface area contributed by atoms with Crippen molar-refractivity contribution in [2.24, 2.45) is 5.92 Å². The number of rotatable bonds is 9. The average Bonchev–Trinajstić information content (AvgIpc) is 3.05. The summed E-state index contributed by atoms with van der Waals surface area (Å²) in [6.45, 7) is 5.04. The summed E-state index contributed by atoms with van der Waals surface area (Å²) in [7, 11) is 0. The van der Waals surface area contributed by atoms with Crippen molar-refractivity contribution in [2.45, 2.75) is 52.0 Å². The molecule has 0 unspecified atom stereocenters. The van der Waals surface area contributed by atoms with Crippen LogP contribution in [0.5, 0.6) is 11.5 Å². The molecule has 2 rings (SSSR count). The lowest BCUT2D eigenvalue weighted by atomic mass is 10.0. The molecule has 1 aliphatic rings. The molecule has 1 fully saturated rings. The molecule has 1 amide bonds. The Hall–Kier alpha value is -2.24. The number of hydrogen-bond donors (Lipinski definition) is 2. The Balaban J connectivity index is 2.08.